The van der Waals surface area contributed by atoms with Crippen LogP contribution in [0.1, 0.15) is 34.7 Å². The third-order valence-corrected chi connectivity index (χ3v) is 4.64. The van der Waals surface area contributed by atoms with Gasteiger partial charge in [-0.25, -0.2) is 4.98 Å². The molecule has 0 saturated heterocycles. The highest BCUT2D eigenvalue weighted by Gasteiger charge is 2.20. The fourth-order valence-corrected chi connectivity index (χ4v) is 3.13. The van der Waals surface area contributed by atoms with Gasteiger partial charge >= 0.3 is 0 Å². The summed E-state index contributed by atoms with van der Waals surface area (Å²) >= 11 is 1.73. The van der Waals surface area contributed by atoms with Crippen LogP contribution >= 0.6 is 11.3 Å². The Kier molecular flexibility index (Phi) is 4.68. The minimum Gasteiger partial charge on any atom is -0.310 e. The van der Waals surface area contributed by atoms with E-state index in [1.807, 2.05) is 0 Å². The Hall–Kier alpha value is -1.23. The van der Waals surface area contributed by atoms with Gasteiger partial charge in [0.05, 0.1) is 10.7 Å². The first-order valence-corrected chi connectivity index (χ1v) is 8.48. The lowest BCUT2D eigenvalue weighted by atomic mass is 10.1. The number of benzene rings is 1. The maximum atomic E-state index is 4.55. The molecule has 0 bridgehead atoms. The zero-order valence-corrected chi connectivity index (χ0v) is 13.6. The van der Waals surface area contributed by atoms with Gasteiger partial charge in [-0.3, -0.25) is 4.90 Å². The molecule has 2 aromatic rings. The van der Waals surface area contributed by atoms with Crippen molar-refractivity contribution in [2.75, 3.05) is 7.05 Å². The second kappa shape index (κ2) is 6.69. The predicted octanol–water partition coefficient (Wildman–Crippen LogP) is 3.34. The van der Waals surface area contributed by atoms with Gasteiger partial charge in [0.2, 0.25) is 0 Å². The van der Waals surface area contributed by atoms with Gasteiger partial charge in [0, 0.05) is 31.1 Å². The van der Waals surface area contributed by atoms with E-state index in [1.165, 1.54) is 29.7 Å². The van der Waals surface area contributed by atoms with Crippen LogP contribution in [0.5, 0.6) is 0 Å². The molecule has 112 valence electrons. The van der Waals surface area contributed by atoms with Gasteiger partial charge in [0.25, 0.3) is 0 Å². The molecule has 4 heteroatoms. The molecule has 0 radical (unpaired) electrons. The Morgan fingerprint density at radius 3 is 2.67 bits per heavy atom. The minimum absolute atomic E-state index is 0.758. The average molecular weight is 301 g/mol. The summed E-state index contributed by atoms with van der Waals surface area (Å²) in [5, 5.41) is 6.92. The van der Waals surface area contributed by atoms with Crippen molar-refractivity contribution in [3.63, 3.8) is 0 Å². The summed E-state index contributed by atoms with van der Waals surface area (Å²) in [6.07, 6.45) is 2.68. The van der Waals surface area contributed by atoms with Crippen molar-refractivity contribution in [1.29, 1.82) is 0 Å². The Morgan fingerprint density at radius 2 is 2.00 bits per heavy atom. The molecule has 0 aliphatic heterocycles. The highest BCUT2D eigenvalue weighted by atomic mass is 32.1. The Balaban J connectivity index is 1.60. The van der Waals surface area contributed by atoms with Gasteiger partial charge in [-0.1, -0.05) is 24.3 Å². The highest BCUT2D eigenvalue weighted by Crippen LogP contribution is 2.20. The van der Waals surface area contributed by atoms with E-state index >= 15 is 0 Å². The van der Waals surface area contributed by atoms with Crippen molar-refractivity contribution >= 4 is 11.3 Å². The van der Waals surface area contributed by atoms with Crippen molar-refractivity contribution in [3.05, 3.63) is 51.5 Å². The maximum Gasteiger partial charge on any atom is 0.0897 e. The summed E-state index contributed by atoms with van der Waals surface area (Å²) in [7, 11) is 2.17. The fourth-order valence-electron chi connectivity index (χ4n) is 2.53. The lowest BCUT2D eigenvalue weighted by Crippen LogP contribution is -2.21. The molecule has 0 atom stereocenters. The van der Waals surface area contributed by atoms with Crippen LogP contribution in [0.15, 0.2) is 29.6 Å². The van der Waals surface area contributed by atoms with E-state index < -0.39 is 0 Å². The summed E-state index contributed by atoms with van der Waals surface area (Å²) in [6, 6.07) is 9.51. The van der Waals surface area contributed by atoms with Crippen molar-refractivity contribution in [3.8, 4) is 0 Å². The number of thiazole rings is 1. The molecule has 0 amide bonds. The third kappa shape index (κ3) is 4.37. The smallest absolute Gasteiger partial charge is 0.0897 e. The standard InChI is InChI=1S/C17H23N3S/c1-13-19-17(12-21-13)11-20(2)10-15-6-4-3-5-14(15)9-18-16-7-8-16/h3-6,12,16,18H,7-11H2,1-2H3. The molecule has 0 spiro atoms. The van der Waals surface area contributed by atoms with Crippen molar-refractivity contribution in [2.45, 2.75) is 45.4 Å². The number of aryl methyl sites for hydroxylation is 1. The molecule has 1 aromatic carbocycles. The number of nitrogens with one attached hydrogen (secondary N) is 1. The summed E-state index contributed by atoms with van der Waals surface area (Å²) < 4.78 is 0. The van der Waals surface area contributed by atoms with Crippen LogP contribution in [0.25, 0.3) is 0 Å². The molecule has 1 heterocycles. The van der Waals surface area contributed by atoms with Crippen molar-refractivity contribution in [1.82, 2.24) is 15.2 Å². The molecule has 1 fully saturated rings. The van der Waals surface area contributed by atoms with Gasteiger partial charge in [-0.15, -0.1) is 11.3 Å². The first-order valence-electron chi connectivity index (χ1n) is 7.60. The SMILES string of the molecule is Cc1nc(CN(C)Cc2ccccc2CNC2CC2)cs1. The summed E-state index contributed by atoms with van der Waals surface area (Å²) in [5.74, 6) is 0. The van der Waals surface area contributed by atoms with E-state index in [1.54, 1.807) is 11.3 Å². The zero-order valence-electron chi connectivity index (χ0n) is 12.8. The fraction of sp³-hybridized carbons (Fsp3) is 0.471. The Morgan fingerprint density at radius 1 is 1.24 bits per heavy atom. The van der Waals surface area contributed by atoms with Crippen LogP contribution in [-0.2, 0) is 19.6 Å². The van der Waals surface area contributed by atoms with Crippen LogP contribution in [0, 0.1) is 6.92 Å². The number of rotatable bonds is 7. The molecule has 3 rings (SSSR count). The lowest BCUT2D eigenvalue weighted by Gasteiger charge is -2.18. The van der Waals surface area contributed by atoms with Crippen LogP contribution in [0.3, 0.4) is 0 Å². The molecular formula is C17H23N3S. The van der Waals surface area contributed by atoms with E-state index in [0.29, 0.717) is 0 Å². The summed E-state index contributed by atoms with van der Waals surface area (Å²) in [4.78, 5) is 6.88. The first kappa shape index (κ1) is 14.7. The van der Waals surface area contributed by atoms with Crippen LogP contribution in [-0.4, -0.2) is 23.0 Å². The van der Waals surface area contributed by atoms with E-state index in [4.69, 9.17) is 0 Å². The molecule has 1 aromatic heterocycles. The molecule has 1 N–H and O–H groups in total. The Labute approximate surface area is 131 Å². The maximum absolute atomic E-state index is 4.55. The number of hydrogen-bond acceptors (Lipinski definition) is 4. The molecular weight excluding hydrogens is 278 g/mol. The Bertz CT molecular complexity index is 589. The van der Waals surface area contributed by atoms with E-state index in [0.717, 1.165) is 30.7 Å². The predicted molar refractivity (Wildman–Crippen MR) is 88.3 cm³/mol. The quantitative estimate of drug-likeness (QED) is 0.850. The minimum atomic E-state index is 0.758. The normalized spacial score (nSPS) is 14.8. The summed E-state index contributed by atoms with van der Waals surface area (Å²) in [6.45, 7) is 4.94. The number of aromatic nitrogens is 1. The topological polar surface area (TPSA) is 28.2 Å². The van der Waals surface area contributed by atoms with Gasteiger partial charge in [0.15, 0.2) is 0 Å². The van der Waals surface area contributed by atoms with Crippen LogP contribution < -0.4 is 5.32 Å². The van der Waals surface area contributed by atoms with Gasteiger partial charge in [-0.2, -0.15) is 0 Å². The zero-order chi connectivity index (χ0) is 14.7. The van der Waals surface area contributed by atoms with E-state index in [2.05, 4.69) is 58.8 Å². The first-order chi connectivity index (χ1) is 10.2. The van der Waals surface area contributed by atoms with E-state index in [9.17, 15) is 0 Å². The third-order valence-electron chi connectivity index (χ3n) is 3.82. The largest absolute Gasteiger partial charge is 0.310 e. The highest BCUT2D eigenvalue weighted by molar-refractivity contribution is 7.09. The second-order valence-corrected chi connectivity index (χ2v) is 7.02. The molecule has 0 unspecified atom stereocenters. The summed E-state index contributed by atoms with van der Waals surface area (Å²) in [5.41, 5.74) is 4.01. The van der Waals surface area contributed by atoms with Crippen LogP contribution in [0.4, 0.5) is 0 Å². The monoisotopic (exact) mass is 301 g/mol. The van der Waals surface area contributed by atoms with Crippen molar-refractivity contribution < 1.29 is 0 Å². The molecule has 1 saturated carbocycles. The lowest BCUT2D eigenvalue weighted by molar-refractivity contribution is 0.314. The van der Waals surface area contributed by atoms with E-state index in [-0.39, 0.29) is 0 Å². The second-order valence-electron chi connectivity index (χ2n) is 5.95. The van der Waals surface area contributed by atoms with Crippen molar-refractivity contribution in [2.24, 2.45) is 0 Å². The van der Waals surface area contributed by atoms with Gasteiger partial charge in [-0.05, 0) is 37.9 Å². The van der Waals surface area contributed by atoms with Gasteiger partial charge < -0.3 is 5.32 Å². The molecule has 21 heavy (non-hydrogen) atoms. The number of hydrogen-bond donors (Lipinski definition) is 1. The molecule has 1 aliphatic rings. The number of nitrogens with zero attached hydrogens (tertiary/aromatic N) is 2. The van der Waals surface area contributed by atoms with Crippen LogP contribution in [0.2, 0.25) is 0 Å². The molecule has 3 nitrogen and oxygen atoms in total. The molecule has 1 aliphatic carbocycles. The van der Waals surface area contributed by atoms with Gasteiger partial charge in [0.1, 0.15) is 0 Å². The average Bonchev–Trinajstić information content (AvgIpc) is 3.20.